The Morgan fingerprint density at radius 2 is 0.968 bits per heavy atom. The fraction of sp³-hybridized carbons (Fsp3) is 0.941. The summed E-state index contributed by atoms with van der Waals surface area (Å²) in [6, 6.07) is 0. The maximum Gasteiger partial charge on any atom is 0.407 e. The molecule has 1 unspecified atom stereocenters. The number of esters is 2. The van der Waals surface area contributed by atoms with Gasteiger partial charge in [-0.2, -0.15) is 0 Å². The highest BCUT2D eigenvalue weighted by atomic mass is 16.6. The topological polar surface area (TPSA) is 128 Å². The molecule has 11 heteroatoms. The summed E-state index contributed by atoms with van der Waals surface area (Å²) in [5.41, 5.74) is -0.420. The van der Waals surface area contributed by atoms with E-state index in [1.54, 1.807) is 0 Å². The predicted octanol–water partition coefficient (Wildman–Crippen LogP) is 12.3. The maximum atomic E-state index is 13.0. The zero-order valence-corrected chi connectivity index (χ0v) is 43.4. The van der Waals surface area contributed by atoms with Crippen molar-refractivity contribution in [2.45, 2.75) is 213 Å². The van der Waals surface area contributed by atoms with Gasteiger partial charge in [-0.3, -0.25) is 9.59 Å². The number of carbonyl (C=O) groups is 3. The van der Waals surface area contributed by atoms with Crippen LogP contribution in [0, 0.1) is 32.5 Å². The third-order valence-electron chi connectivity index (χ3n) is 14.7. The molecule has 0 aliphatic heterocycles. The van der Waals surface area contributed by atoms with Crippen molar-refractivity contribution in [1.82, 2.24) is 5.32 Å². The zero-order valence-electron chi connectivity index (χ0n) is 43.4. The molecule has 0 aliphatic carbocycles. The van der Waals surface area contributed by atoms with Gasteiger partial charge >= 0.3 is 18.0 Å². The summed E-state index contributed by atoms with van der Waals surface area (Å²) < 4.78 is 40.6. The second kappa shape index (κ2) is 28.8. The van der Waals surface area contributed by atoms with E-state index < -0.39 is 6.09 Å². The molecule has 0 aromatic heterocycles. The number of rotatable bonds is 37. The van der Waals surface area contributed by atoms with Gasteiger partial charge in [0.25, 0.3) is 0 Å². The van der Waals surface area contributed by atoms with Crippen LogP contribution in [0.5, 0.6) is 0 Å². The van der Waals surface area contributed by atoms with E-state index >= 15 is 0 Å². The average Bonchev–Trinajstić information content (AvgIpc) is 3.13. The summed E-state index contributed by atoms with van der Waals surface area (Å²) in [5, 5.41) is 2.84. The van der Waals surface area contributed by atoms with Crippen molar-refractivity contribution >= 4 is 18.0 Å². The van der Waals surface area contributed by atoms with Crippen LogP contribution in [0.4, 0.5) is 4.79 Å². The van der Waals surface area contributed by atoms with E-state index in [2.05, 4.69) is 102 Å². The van der Waals surface area contributed by atoms with E-state index in [4.69, 9.17) is 33.2 Å². The van der Waals surface area contributed by atoms with Gasteiger partial charge in [-0.05, 0) is 105 Å². The van der Waals surface area contributed by atoms with Gasteiger partial charge in [0.15, 0.2) is 0 Å². The molecule has 1 N–H and O–H groups in total. The Balaban J connectivity index is 4.91. The Morgan fingerprint density at radius 1 is 0.484 bits per heavy atom. The molecule has 0 aromatic carbocycles. The van der Waals surface area contributed by atoms with Crippen LogP contribution >= 0.6 is 0 Å². The molecule has 0 saturated carbocycles. The van der Waals surface area contributed by atoms with Crippen molar-refractivity contribution in [1.29, 1.82) is 0 Å². The molecule has 0 radical (unpaired) electrons. The standard InChI is InChI=1S/C51H99NO10/c1-18-25-45(4,5)47(8,9)28-35-59-42(53)24-33-56-31-22-21-23-32-58-41(39-52-44(55)61-37-30-51(16,17)62-20-3)40-57-34-27-49(12,13)50(14,15)38-43(54)60-36-29-48(10,11)46(6,7)26-19-2/h41H,18-40H2,1-17H3,(H,52,55). The van der Waals surface area contributed by atoms with Crippen LogP contribution in [-0.2, 0) is 42.7 Å². The molecular formula is C51H99NO10. The molecule has 0 aliphatic rings. The van der Waals surface area contributed by atoms with Crippen LogP contribution < -0.4 is 5.32 Å². The Kier molecular flexibility index (Phi) is 27.9. The molecule has 0 heterocycles. The molecule has 0 aromatic rings. The Morgan fingerprint density at radius 3 is 1.52 bits per heavy atom. The van der Waals surface area contributed by atoms with Gasteiger partial charge in [-0.15, -0.1) is 0 Å². The number of alkyl carbamates (subject to hydrolysis) is 1. The van der Waals surface area contributed by atoms with Crippen molar-refractivity contribution in [2.24, 2.45) is 32.5 Å². The van der Waals surface area contributed by atoms with Crippen molar-refractivity contribution in [3.8, 4) is 0 Å². The summed E-state index contributed by atoms with van der Waals surface area (Å²) in [5.74, 6) is -0.378. The van der Waals surface area contributed by atoms with Crippen LogP contribution in [-0.4, -0.2) is 95.7 Å². The third kappa shape index (κ3) is 24.4. The van der Waals surface area contributed by atoms with E-state index in [0.29, 0.717) is 65.7 Å². The van der Waals surface area contributed by atoms with Gasteiger partial charge in [-0.25, -0.2) is 4.79 Å². The lowest BCUT2D eigenvalue weighted by Gasteiger charge is -2.42. The second-order valence-electron chi connectivity index (χ2n) is 22.1. The molecule has 0 rings (SSSR count). The minimum absolute atomic E-state index is 0.0612. The zero-order chi connectivity index (χ0) is 47.7. The van der Waals surface area contributed by atoms with Gasteiger partial charge in [0, 0.05) is 39.4 Å². The number of hydrogen-bond donors (Lipinski definition) is 1. The van der Waals surface area contributed by atoms with Crippen LogP contribution in [0.15, 0.2) is 0 Å². The monoisotopic (exact) mass is 886 g/mol. The summed E-state index contributed by atoms with van der Waals surface area (Å²) in [7, 11) is 0. The lowest BCUT2D eigenvalue weighted by atomic mass is 9.64. The lowest BCUT2D eigenvalue weighted by molar-refractivity contribution is -0.150. The number of carbonyl (C=O) groups excluding carboxylic acids is 3. The lowest BCUT2D eigenvalue weighted by Crippen LogP contribution is -2.39. The highest BCUT2D eigenvalue weighted by Crippen LogP contribution is 2.46. The Hall–Kier alpha value is -1.95. The second-order valence-corrected chi connectivity index (χ2v) is 22.1. The summed E-state index contributed by atoms with van der Waals surface area (Å²) in [6.45, 7) is 41.3. The maximum absolute atomic E-state index is 13.0. The largest absolute Gasteiger partial charge is 0.466 e. The molecule has 1 atom stereocenters. The predicted molar refractivity (Wildman–Crippen MR) is 252 cm³/mol. The molecule has 0 bridgehead atoms. The number of hydrogen-bond acceptors (Lipinski definition) is 10. The van der Waals surface area contributed by atoms with E-state index in [9.17, 15) is 14.4 Å². The van der Waals surface area contributed by atoms with Crippen molar-refractivity contribution in [3.63, 3.8) is 0 Å². The summed E-state index contributed by atoms with van der Waals surface area (Å²) >= 11 is 0. The first kappa shape index (κ1) is 60.1. The molecule has 0 spiro atoms. The minimum atomic E-state index is -0.505. The first-order valence-corrected chi connectivity index (χ1v) is 24.2. The van der Waals surface area contributed by atoms with Crippen LogP contribution in [0.1, 0.15) is 201 Å². The Labute approximate surface area is 381 Å². The number of amides is 1. The minimum Gasteiger partial charge on any atom is -0.466 e. The number of ether oxygens (including phenoxy) is 7. The molecule has 368 valence electrons. The molecule has 0 saturated heterocycles. The summed E-state index contributed by atoms with van der Waals surface area (Å²) in [4.78, 5) is 37.9. The molecule has 11 nitrogen and oxygen atoms in total. The average molecular weight is 886 g/mol. The smallest absolute Gasteiger partial charge is 0.407 e. The van der Waals surface area contributed by atoms with Gasteiger partial charge in [0.1, 0.15) is 0 Å². The van der Waals surface area contributed by atoms with Gasteiger partial charge in [-0.1, -0.05) is 110 Å². The molecule has 0 fully saturated rings. The van der Waals surface area contributed by atoms with Crippen LogP contribution in [0.3, 0.4) is 0 Å². The highest BCUT2D eigenvalue weighted by Gasteiger charge is 2.40. The fourth-order valence-electron chi connectivity index (χ4n) is 7.30. The van der Waals surface area contributed by atoms with Gasteiger partial charge in [0.05, 0.1) is 57.6 Å². The van der Waals surface area contributed by atoms with E-state index in [0.717, 1.165) is 64.2 Å². The quantitative estimate of drug-likeness (QED) is 0.0366. The van der Waals surface area contributed by atoms with E-state index in [1.165, 1.54) is 0 Å². The van der Waals surface area contributed by atoms with Gasteiger partial charge in [0.2, 0.25) is 0 Å². The molecule has 1 amide bonds. The number of nitrogens with one attached hydrogen (secondary N) is 1. The highest BCUT2D eigenvalue weighted by molar-refractivity contribution is 5.70. The summed E-state index contributed by atoms with van der Waals surface area (Å²) in [6.07, 6.45) is 9.79. The SMILES string of the molecule is CCCC(C)(C)C(C)(C)CCOC(=O)CCOCCCCCOC(CNC(=O)OCCC(C)(C)OCC)COCCC(C)(C)C(C)(C)CC(=O)OCCC(C)(C)C(C)(C)CCC. The van der Waals surface area contributed by atoms with E-state index in [1.807, 2.05) is 20.8 Å². The molecular weight excluding hydrogens is 787 g/mol. The van der Waals surface area contributed by atoms with Crippen molar-refractivity contribution in [3.05, 3.63) is 0 Å². The first-order valence-electron chi connectivity index (χ1n) is 24.2. The Bertz CT molecular complexity index is 1240. The van der Waals surface area contributed by atoms with Crippen molar-refractivity contribution in [2.75, 3.05) is 66.0 Å². The van der Waals surface area contributed by atoms with Crippen molar-refractivity contribution < 1.29 is 47.5 Å². The van der Waals surface area contributed by atoms with E-state index in [-0.39, 0.29) is 75.7 Å². The normalized spacial score (nSPS) is 13.8. The third-order valence-corrected chi connectivity index (χ3v) is 14.7. The molecule has 62 heavy (non-hydrogen) atoms. The van der Waals surface area contributed by atoms with Crippen LogP contribution in [0.2, 0.25) is 0 Å². The number of unbranched alkanes of at least 4 members (excludes halogenated alkanes) is 2. The van der Waals surface area contributed by atoms with Gasteiger partial charge < -0.3 is 38.5 Å². The first-order chi connectivity index (χ1) is 28.6. The fourth-order valence-corrected chi connectivity index (χ4v) is 7.30. The van der Waals surface area contributed by atoms with Crippen LogP contribution in [0.25, 0.3) is 0 Å².